The number of rotatable bonds is 4. The molecule has 8 heteroatoms. The van der Waals surface area contributed by atoms with Gasteiger partial charge in [-0.1, -0.05) is 23.2 Å². The smallest absolute Gasteiger partial charge is 0.255 e. The summed E-state index contributed by atoms with van der Waals surface area (Å²) in [6.07, 6.45) is 2.90. The summed E-state index contributed by atoms with van der Waals surface area (Å²) in [6, 6.07) is 9.22. The van der Waals surface area contributed by atoms with Gasteiger partial charge in [0.15, 0.2) is 0 Å². The zero-order valence-electron chi connectivity index (χ0n) is 15.3. The van der Waals surface area contributed by atoms with Gasteiger partial charge < -0.3 is 14.5 Å². The predicted molar refractivity (Wildman–Crippen MR) is 115 cm³/mol. The lowest BCUT2D eigenvalue weighted by Gasteiger charge is -2.36. The molecule has 0 saturated carbocycles. The molecule has 2 aliphatic rings. The molecule has 1 aromatic heterocycles. The summed E-state index contributed by atoms with van der Waals surface area (Å²) in [4.78, 5) is 21.2. The number of carbonyl (C=O) groups is 1. The zero-order valence-corrected chi connectivity index (χ0v) is 17.6. The van der Waals surface area contributed by atoms with Crippen molar-refractivity contribution < 1.29 is 9.53 Å². The Morgan fingerprint density at radius 1 is 1.11 bits per heavy atom. The largest absolute Gasteiger partial charge is 0.473 e. The third kappa shape index (κ3) is 4.50. The molecule has 0 spiro atoms. The quantitative estimate of drug-likeness (QED) is 0.715. The number of carbonyl (C=O) groups excluding carboxylic acids is 1. The number of thioether (sulfide) groups is 1. The molecule has 2 fully saturated rings. The Hall–Kier alpha value is -1.63. The van der Waals surface area contributed by atoms with Gasteiger partial charge in [0, 0.05) is 49.9 Å². The average molecular weight is 438 g/mol. The van der Waals surface area contributed by atoms with Crippen LogP contribution in [-0.2, 0) is 0 Å². The van der Waals surface area contributed by atoms with E-state index in [1.54, 1.807) is 24.4 Å². The van der Waals surface area contributed by atoms with Gasteiger partial charge in [0.1, 0.15) is 6.10 Å². The van der Waals surface area contributed by atoms with Crippen LogP contribution in [0.1, 0.15) is 16.8 Å². The van der Waals surface area contributed by atoms with E-state index in [2.05, 4.69) is 9.88 Å². The number of ether oxygens (including phenoxy) is 1. The monoisotopic (exact) mass is 437 g/mol. The van der Waals surface area contributed by atoms with E-state index < -0.39 is 0 Å². The van der Waals surface area contributed by atoms with Crippen LogP contribution in [0.3, 0.4) is 0 Å². The van der Waals surface area contributed by atoms with Crippen LogP contribution in [0.2, 0.25) is 10.0 Å². The molecule has 0 N–H and O–H groups in total. The van der Waals surface area contributed by atoms with E-state index >= 15 is 0 Å². The summed E-state index contributed by atoms with van der Waals surface area (Å²) in [7, 11) is 0. The Balaban J connectivity index is 1.33. The molecule has 0 radical (unpaired) electrons. The molecule has 2 saturated heterocycles. The lowest BCUT2D eigenvalue weighted by Crippen LogP contribution is -2.48. The van der Waals surface area contributed by atoms with E-state index in [9.17, 15) is 4.79 Å². The first-order chi connectivity index (χ1) is 13.6. The van der Waals surface area contributed by atoms with Crippen molar-refractivity contribution in [1.82, 2.24) is 9.88 Å². The van der Waals surface area contributed by atoms with Crippen molar-refractivity contribution in [3.63, 3.8) is 0 Å². The highest BCUT2D eigenvalue weighted by Gasteiger charge is 2.23. The minimum Gasteiger partial charge on any atom is -0.473 e. The molecule has 3 heterocycles. The summed E-state index contributed by atoms with van der Waals surface area (Å²) in [6.45, 7) is 2.79. The molecule has 1 aromatic carbocycles. The Kier molecular flexibility index (Phi) is 6.19. The molecular formula is C20H21Cl2N3O2S. The third-order valence-electron chi connectivity index (χ3n) is 4.99. The maximum atomic E-state index is 12.8. The second kappa shape index (κ2) is 8.80. The number of amides is 1. The highest BCUT2D eigenvalue weighted by molar-refractivity contribution is 7.99. The van der Waals surface area contributed by atoms with Gasteiger partial charge in [-0.15, -0.1) is 0 Å². The summed E-state index contributed by atoms with van der Waals surface area (Å²) in [5.41, 5.74) is 1.62. The van der Waals surface area contributed by atoms with Gasteiger partial charge in [0.2, 0.25) is 5.88 Å². The molecule has 28 heavy (non-hydrogen) atoms. The molecule has 1 unspecified atom stereocenters. The van der Waals surface area contributed by atoms with Crippen LogP contribution < -0.4 is 9.64 Å². The number of aromatic nitrogens is 1. The molecule has 2 aromatic rings. The normalized spacial score (nSPS) is 19.7. The van der Waals surface area contributed by atoms with Gasteiger partial charge in [-0.3, -0.25) is 4.79 Å². The predicted octanol–water partition coefficient (Wildman–Crippen LogP) is 4.24. The zero-order chi connectivity index (χ0) is 19.5. The molecule has 0 bridgehead atoms. The first-order valence-corrected chi connectivity index (χ1v) is 11.2. The Labute approximate surface area is 179 Å². The summed E-state index contributed by atoms with van der Waals surface area (Å²) in [5, 5.41) is 1.09. The fraction of sp³-hybridized carbons (Fsp3) is 0.400. The van der Waals surface area contributed by atoms with E-state index in [1.807, 2.05) is 28.8 Å². The van der Waals surface area contributed by atoms with Gasteiger partial charge >= 0.3 is 0 Å². The first-order valence-electron chi connectivity index (χ1n) is 9.30. The van der Waals surface area contributed by atoms with E-state index in [1.165, 1.54) is 0 Å². The minimum absolute atomic E-state index is 0.00394. The topological polar surface area (TPSA) is 45.7 Å². The molecule has 1 atom stereocenters. The minimum atomic E-state index is 0.00394. The molecular weight excluding hydrogens is 417 g/mol. The number of benzene rings is 1. The van der Waals surface area contributed by atoms with Crippen molar-refractivity contribution in [2.75, 3.05) is 42.6 Å². The number of pyridine rings is 1. The average Bonchev–Trinajstić information content (AvgIpc) is 3.23. The number of hydrogen-bond donors (Lipinski definition) is 0. The maximum Gasteiger partial charge on any atom is 0.255 e. The van der Waals surface area contributed by atoms with Crippen LogP contribution in [0.25, 0.3) is 0 Å². The first kappa shape index (κ1) is 19.7. The number of halogens is 2. The van der Waals surface area contributed by atoms with Crippen molar-refractivity contribution in [3.8, 4) is 5.88 Å². The number of nitrogens with zero attached hydrogens (tertiary/aromatic N) is 3. The van der Waals surface area contributed by atoms with Gasteiger partial charge in [-0.25, -0.2) is 4.98 Å². The number of piperazine rings is 1. The second-order valence-electron chi connectivity index (χ2n) is 6.87. The van der Waals surface area contributed by atoms with Crippen LogP contribution in [0.4, 0.5) is 5.69 Å². The Bertz CT molecular complexity index is 836. The van der Waals surface area contributed by atoms with Crippen molar-refractivity contribution in [2.24, 2.45) is 0 Å². The van der Waals surface area contributed by atoms with Gasteiger partial charge in [0.25, 0.3) is 5.91 Å². The van der Waals surface area contributed by atoms with E-state index in [4.69, 9.17) is 27.9 Å². The molecule has 2 aliphatic heterocycles. The summed E-state index contributed by atoms with van der Waals surface area (Å²) in [5.74, 6) is 2.73. The Morgan fingerprint density at radius 2 is 1.93 bits per heavy atom. The molecule has 0 aliphatic carbocycles. The Morgan fingerprint density at radius 3 is 2.57 bits per heavy atom. The fourth-order valence-electron chi connectivity index (χ4n) is 3.39. The van der Waals surface area contributed by atoms with Crippen LogP contribution in [0.5, 0.6) is 5.88 Å². The molecule has 4 rings (SSSR count). The van der Waals surface area contributed by atoms with Crippen molar-refractivity contribution >= 4 is 46.6 Å². The second-order valence-corrected chi connectivity index (χ2v) is 8.83. The number of anilines is 1. The van der Waals surface area contributed by atoms with E-state index in [-0.39, 0.29) is 12.0 Å². The van der Waals surface area contributed by atoms with Crippen LogP contribution in [0, 0.1) is 0 Å². The fourth-order valence-corrected chi connectivity index (χ4v) is 4.77. The van der Waals surface area contributed by atoms with Crippen molar-refractivity contribution in [1.29, 1.82) is 0 Å². The summed E-state index contributed by atoms with van der Waals surface area (Å²) >= 11 is 14.0. The third-order valence-corrected chi connectivity index (χ3v) is 6.86. The molecule has 148 valence electrons. The standard InChI is InChI=1S/C20H21Cl2N3O2S/c21-17-3-2-15(11-18(17)22)24-6-8-25(9-7-24)20(26)14-1-4-19(23-12-14)27-16-5-10-28-13-16/h1-4,11-12,16H,5-10,13H2. The number of hydrogen-bond acceptors (Lipinski definition) is 5. The van der Waals surface area contributed by atoms with Crippen LogP contribution in [-0.4, -0.2) is 59.6 Å². The van der Waals surface area contributed by atoms with E-state index in [0.717, 1.165) is 36.7 Å². The van der Waals surface area contributed by atoms with Crippen molar-refractivity contribution in [2.45, 2.75) is 12.5 Å². The lowest BCUT2D eigenvalue weighted by molar-refractivity contribution is 0.0746. The SMILES string of the molecule is O=C(c1ccc(OC2CCSC2)nc1)N1CCN(c2ccc(Cl)c(Cl)c2)CC1. The van der Waals surface area contributed by atoms with Crippen molar-refractivity contribution in [3.05, 3.63) is 52.1 Å². The highest BCUT2D eigenvalue weighted by Crippen LogP contribution is 2.28. The maximum absolute atomic E-state index is 12.8. The van der Waals surface area contributed by atoms with Gasteiger partial charge in [-0.05, 0) is 36.4 Å². The summed E-state index contributed by atoms with van der Waals surface area (Å²) < 4.78 is 5.85. The van der Waals surface area contributed by atoms with Crippen LogP contribution >= 0.6 is 35.0 Å². The molecule has 5 nitrogen and oxygen atoms in total. The van der Waals surface area contributed by atoms with E-state index in [0.29, 0.717) is 34.6 Å². The highest BCUT2D eigenvalue weighted by atomic mass is 35.5. The lowest BCUT2D eigenvalue weighted by atomic mass is 10.2. The molecule has 1 amide bonds. The van der Waals surface area contributed by atoms with Gasteiger partial charge in [-0.2, -0.15) is 11.8 Å². The van der Waals surface area contributed by atoms with Gasteiger partial charge in [0.05, 0.1) is 15.6 Å². The van der Waals surface area contributed by atoms with Crippen LogP contribution in [0.15, 0.2) is 36.5 Å².